The van der Waals surface area contributed by atoms with Crippen LogP contribution in [-0.2, 0) is 11.3 Å². The molecule has 140 valence electrons. The Balaban J connectivity index is 2.41. The van der Waals surface area contributed by atoms with Crippen molar-refractivity contribution in [3.8, 4) is 5.69 Å². The average Bonchev–Trinajstić information content (AvgIpc) is 2.67. The predicted molar refractivity (Wildman–Crippen MR) is 96.4 cm³/mol. The van der Waals surface area contributed by atoms with E-state index in [2.05, 4.69) is 0 Å². The lowest BCUT2D eigenvalue weighted by atomic mass is 10.1. The van der Waals surface area contributed by atoms with Gasteiger partial charge in [-0.25, -0.2) is 13.6 Å². The Morgan fingerprint density at radius 2 is 1.93 bits per heavy atom. The van der Waals surface area contributed by atoms with E-state index in [9.17, 15) is 23.5 Å². The molecule has 3 aromatic rings. The van der Waals surface area contributed by atoms with Crippen molar-refractivity contribution in [2.75, 3.05) is 6.61 Å². The fourth-order valence-corrected chi connectivity index (χ4v) is 2.99. The molecule has 27 heavy (non-hydrogen) atoms. The van der Waals surface area contributed by atoms with Crippen molar-refractivity contribution in [1.82, 2.24) is 4.57 Å². The molecule has 0 spiro atoms. The third-order valence-electron chi connectivity index (χ3n) is 4.02. The molecule has 1 N–H and O–H groups in total. The molecule has 0 fully saturated rings. The summed E-state index contributed by atoms with van der Waals surface area (Å²) < 4.78 is 34.1. The van der Waals surface area contributed by atoms with Crippen molar-refractivity contribution in [1.29, 1.82) is 0 Å². The molecule has 3 rings (SSSR count). The van der Waals surface area contributed by atoms with E-state index in [0.29, 0.717) is 17.3 Å². The Kier molecular flexibility index (Phi) is 5.25. The van der Waals surface area contributed by atoms with Crippen LogP contribution < -0.4 is 5.43 Å². The van der Waals surface area contributed by atoms with Gasteiger partial charge in [0.05, 0.1) is 24.1 Å². The summed E-state index contributed by atoms with van der Waals surface area (Å²) in [7, 11) is 0. The predicted octanol–water partition coefficient (Wildman–Crippen LogP) is 3.59. The van der Waals surface area contributed by atoms with Crippen molar-refractivity contribution in [3.63, 3.8) is 0 Å². The number of benzene rings is 2. The number of hydrogen-bond acceptors (Lipinski definition) is 4. The Morgan fingerprint density at radius 3 is 2.52 bits per heavy atom. The standard InChI is InChI=1S/C19H14ClF2NO4/c1-2-27-19(26)13-8-23(11-5-3-10(9-24)4-6-11)17-12(18(13)25)7-14(21)16(22)15(17)20/h3-8,24H,2,9H2,1H3. The summed E-state index contributed by atoms with van der Waals surface area (Å²) in [6.07, 6.45) is 1.18. The molecule has 5 nitrogen and oxygen atoms in total. The molecule has 0 amide bonds. The normalized spacial score (nSPS) is 11.0. The SMILES string of the molecule is CCOC(=O)c1cn(-c2ccc(CO)cc2)c2c(Cl)c(F)c(F)cc2c1=O. The number of carbonyl (C=O) groups is 1. The number of nitrogens with zero attached hydrogens (tertiary/aromatic N) is 1. The number of fused-ring (bicyclic) bond motifs is 1. The van der Waals surface area contributed by atoms with E-state index in [1.807, 2.05) is 0 Å². The van der Waals surface area contributed by atoms with Gasteiger partial charge in [-0.2, -0.15) is 0 Å². The van der Waals surface area contributed by atoms with Gasteiger partial charge in [0.25, 0.3) is 0 Å². The monoisotopic (exact) mass is 393 g/mol. The highest BCUT2D eigenvalue weighted by Gasteiger charge is 2.22. The van der Waals surface area contributed by atoms with E-state index in [1.165, 1.54) is 10.8 Å². The second-order valence-corrected chi connectivity index (χ2v) is 6.05. The van der Waals surface area contributed by atoms with Gasteiger partial charge in [0.2, 0.25) is 5.43 Å². The molecule has 0 unspecified atom stereocenters. The molecule has 1 heterocycles. The van der Waals surface area contributed by atoms with Crippen molar-refractivity contribution in [2.45, 2.75) is 13.5 Å². The van der Waals surface area contributed by atoms with Gasteiger partial charge >= 0.3 is 5.97 Å². The van der Waals surface area contributed by atoms with E-state index in [4.69, 9.17) is 16.3 Å². The maximum absolute atomic E-state index is 14.0. The number of carbonyl (C=O) groups excluding carboxylic acids is 1. The molecule has 0 radical (unpaired) electrons. The minimum atomic E-state index is -1.30. The van der Waals surface area contributed by atoms with Crippen LogP contribution in [0.3, 0.4) is 0 Å². The van der Waals surface area contributed by atoms with E-state index in [-0.39, 0.29) is 29.7 Å². The molecular formula is C19H14ClF2NO4. The van der Waals surface area contributed by atoms with Crippen LogP contribution in [0.1, 0.15) is 22.8 Å². The summed E-state index contributed by atoms with van der Waals surface area (Å²) in [6, 6.07) is 7.10. The molecule has 0 saturated carbocycles. The van der Waals surface area contributed by atoms with Gasteiger partial charge in [0.1, 0.15) is 10.6 Å². The van der Waals surface area contributed by atoms with Gasteiger partial charge < -0.3 is 14.4 Å². The third-order valence-corrected chi connectivity index (χ3v) is 4.36. The first kappa shape index (κ1) is 19.0. The largest absolute Gasteiger partial charge is 0.462 e. The first-order valence-electron chi connectivity index (χ1n) is 7.99. The molecule has 0 aliphatic rings. The summed E-state index contributed by atoms with van der Waals surface area (Å²) in [5, 5.41) is 8.34. The highest BCUT2D eigenvalue weighted by Crippen LogP contribution is 2.29. The van der Waals surface area contributed by atoms with Crippen LogP contribution in [0.25, 0.3) is 16.6 Å². The highest BCUT2D eigenvalue weighted by molar-refractivity contribution is 6.35. The first-order chi connectivity index (χ1) is 12.9. The molecule has 1 aromatic heterocycles. The van der Waals surface area contributed by atoms with Gasteiger partial charge in [-0.05, 0) is 30.7 Å². The number of rotatable bonds is 4. The maximum Gasteiger partial charge on any atom is 0.343 e. The number of aromatic nitrogens is 1. The first-order valence-corrected chi connectivity index (χ1v) is 8.37. The zero-order valence-corrected chi connectivity index (χ0v) is 14.9. The summed E-state index contributed by atoms with van der Waals surface area (Å²) in [5.41, 5.74) is -0.177. The average molecular weight is 394 g/mol. The van der Waals surface area contributed by atoms with Crippen LogP contribution in [0, 0.1) is 11.6 Å². The summed E-state index contributed by atoms with van der Waals surface area (Å²) in [6.45, 7) is 1.44. The van der Waals surface area contributed by atoms with Crippen molar-refractivity contribution in [2.24, 2.45) is 0 Å². The number of ether oxygens (including phenoxy) is 1. The molecule has 0 atom stereocenters. The lowest BCUT2D eigenvalue weighted by molar-refractivity contribution is 0.0524. The number of halogens is 3. The maximum atomic E-state index is 14.0. The fourth-order valence-electron chi connectivity index (χ4n) is 2.71. The molecule has 0 bridgehead atoms. The quantitative estimate of drug-likeness (QED) is 0.543. The summed E-state index contributed by atoms with van der Waals surface area (Å²) >= 11 is 5.98. The molecule has 0 aliphatic heterocycles. The zero-order chi connectivity index (χ0) is 19.7. The van der Waals surface area contributed by atoms with Crippen LogP contribution in [0.15, 0.2) is 41.3 Å². The van der Waals surface area contributed by atoms with Gasteiger partial charge in [-0.1, -0.05) is 23.7 Å². The van der Waals surface area contributed by atoms with Crippen LogP contribution in [-0.4, -0.2) is 22.2 Å². The lowest BCUT2D eigenvalue weighted by Crippen LogP contribution is -2.21. The van der Waals surface area contributed by atoms with Crippen molar-refractivity contribution < 1.29 is 23.4 Å². The minimum absolute atomic E-state index is 0.0417. The summed E-state index contributed by atoms with van der Waals surface area (Å²) in [4.78, 5) is 24.8. The van der Waals surface area contributed by atoms with E-state index < -0.39 is 28.1 Å². The molecular weight excluding hydrogens is 380 g/mol. The molecule has 2 aromatic carbocycles. The molecule has 0 aliphatic carbocycles. The van der Waals surface area contributed by atoms with Crippen LogP contribution in [0.2, 0.25) is 5.02 Å². The van der Waals surface area contributed by atoms with E-state index in [1.54, 1.807) is 31.2 Å². The highest BCUT2D eigenvalue weighted by atomic mass is 35.5. The van der Waals surface area contributed by atoms with Crippen LogP contribution in [0.5, 0.6) is 0 Å². The van der Waals surface area contributed by atoms with Crippen molar-refractivity contribution in [3.05, 3.63) is 74.5 Å². The van der Waals surface area contributed by atoms with Gasteiger partial charge in [-0.15, -0.1) is 0 Å². The Bertz CT molecular complexity index is 1090. The zero-order valence-electron chi connectivity index (χ0n) is 14.1. The second-order valence-electron chi connectivity index (χ2n) is 5.67. The van der Waals surface area contributed by atoms with Gasteiger partial charge in [-0.3, -0.25) is 4.79 Å². The minimum Gasteiger partial charge on any atom is -0.462 e. The lowest BCUT2D eigenvalue weighted by Gasteiger charge is -2.15. The fraction of sp³-hybridized carbons (Fsp3) is 0.158. The van der Waals surface area contributed by atoms with E-state index in [0.717, 1.165) is 0 Å². The van der Waals surface area contributed by atoms with Crippen molar-refractivity contribution >= 4 is 28.5 Å². The number of hydrogen-bond donors (Lipinski definition) is 1. The number of aliphatic hydroxyl groups excluding tert-OH is 1. The third kappa shape index (κ3) is 3.31. The number of pyridine rings is 1. The summed E-state index contributed by atoms with van der Waals surface area (Å²) in [5.74, 6) is -3.48. The topological polar surface area (TPSA) is 68.5 Å². The smallest absolute Gasteiger partial charge is 0.343 e. The van der Waals surface area contributed by atoms with Gasteiger partial charge in [0, 0.05) is 11.9 Å². The Labute approximate surface area is 157 Å². The van der Waals surface area contributed by atoms with E-state index >= 15 is 0 Å². The molecule has 0 saturated heterocycles. The number of esters is 1. The molecule has 8 heteroatoms. The number of aliphatic hydroxyl groups is 1. The van der Waals surface area contributed by atoms with Gasteiger partial charge in [0.15, 0.2) is 11.6 Å². The Morgan fingerprint density at radius 1 is 1.26 bits per heavy atom. The Hall–Kier alpha value is -2.77. The van der Waals surface area contributed by atoms with Crippen LogP contribution in [0.4, 0.5) is 8.78 Å². The van der Waals surface area contributed by atoms with Crippen LogP contribution >= 0.6 is 11.6 Å². The second kappa shape index (κ2) is 7.46.